The Labute approximate surface area is 136 Å². The summed E-state index contributed by atoms with van der Waals surface area (Å²) in [6.07, 6.45) is 3.34. The number of benzene rings is 2. The quantitative estimate of drug-likeness (QED) is 0.901. The van der Waals surface area contributed by atoms with Gasteiger partial charge in [-0.1, -0.05) is 36.4 Å². The van der Waals surface area contributed by atoms with Crippen LogP contribution in [0, 0.1) is 5.82 Å². The van der Waals surface area contributed by atoms with E-state index in [1.54, 1.807) is 0 Å². The fourth-order valence-corrected chi connectivity index (χ4v) is 3.90. The van der Waals surface area contributed by atoms with E-state index in [1.807, 2.05) is 12.1 Å². The molecule has 0 radical (unpaired) electrons. The second-order valence-corrected chi connectivity index (χ2v) is 6.78. The molecule has 1 atom stereocenters. The van der Waals surface area contributed by atoms with Crippen molar-refractivity contribution in [1.82, 2.24) is 5.32 Å². The van der Waals surface area contributed by atoms with E-state index in [0.29, 0.717) is 5.92 Å². The van der Waals surface area contributed by atoms with Gasteiger partial charge in [0.25, 0.3) is 0 Å². The summed E-state index contributed by atoms with van der Waals surface area (Å²) in [5, 5.41) is 3.42. The topological polar surface area (TPSA) is 21.3 Å². The molecule has 0 amide bonds. The standard InChI is InChI=1S/C20H22FNO/c21-19-6-4-15(5-7-19)16-2-1-3-17(12-16)18-13-20(23-14-18)8-10-22-11-9-20/h1-7,12,18,22H,8-11,13-14H2/t18-/m0/s1. The smallest absolute Gasteiger partial charge is 0.123 e. The van der Waals surface area contributed by atoms with Gasteiger partial charge in [0.2, 0.25) is 0 Å². The van der Waals surface area contributed by atoms with Crippen molar-refractivity contribution in [3.8, 4) is 11.1 Å². The Kier molecular flexibility index (Phi) is 3.92. The van der Waals surface area contributed by atoms with E-state index < -0.39 is 0 Å². The second-order valence-electron chi connectivity index (χ2n) is 6.78. The van der Waals surface area contributed by atoms with Crippen LogP contribution in [0.5, 0.6) is 0 Å². The van der Waals surface area contributed by atoms with Crippen LogP contribution in [-0.4, -0.2) is 25.3 Å². The molecule has 1 spiro atoms. The second kappa shape index (κ2) is 6.06. The first-order valence-electron chi connectivity index (χ1n) is 8.45. The highest BCUT2D eigenvalue weighted by Gasteiger charge is 2.41. The highest BCUT2D eigenvalue weighted by molar-refractivity contribution is 5.64. The number of hydrogen-bond acceptors (Lipinski definition) is 2. The number of nitrogens with one attached hydrogen (secondary N) is 1. The molecule has 2 heterocycles. The summed E-state index contributed by atoms with van der Waals surface area (Å²) < 4.78 is 19.3. The van der Waals surface area contributed by atoms with E-state index in [1.165, 1.54) is 17.7 Å². The minimum Gasteiger partial charge on any atom is -0.374 e. The van der Waals surface area contributed by atoms with Crippen LogP contribution in [0.25, 0.3) is 11.1 Å². The third kappa shape index (κ3) is 3.04. The van der Waals surface area contributed by atoms with Crippen LogP contribution >= 0.6 is 0 Å². The van der Waals surface area contributed by atoms with Crippen molar-refractivity contribution in [3.05, 3.63) is 59.9 Å². The van der Waals surface area contributed by atoms with Crippen molar-refractivity contribution >= 4 is 0 Å². The maximum Gasteiger partial charge on any atom is 0.123 e. The van der Waals surface area contributed by atoms with Crippen molar-refractivity contribution in [1.29, 1.82) is 0 Å². The highest BCUT2D eigenvalue weighted by Crippen LogP contribution is 2.42. The van der Waals surface area contributed by atoms with Gasteiger partial charge < -0.3 is 10.1 Å². The Morgan fingerprint density at radius 2 is 1.78 bits per heavy atom. The lowest BCUT2D eigenvalue weighted by molar-refractivity contribution is -0.0193. The Morgan fingerprint density at radius 1 is 1.00 bits per heavy atom. The lowest BCUT2D eigenvalue weighted by atomic mass is 9.83. The van der Waals surface area contributed by atoms with Gasteiger partial charge in [-0.25, -0.2) is 4.39 Å². The highest BCUT2D eigenvalue weighted by atomic mass is 19.1. The summed E-state index contributed by atoms with van der Waals surface area (Å²) in [5.74, 6) is 0.274. The molecule has 0 aromatic heterocycles. The van der Waals surface area contributed by atoms with Gasteiger partial charge in [0.1, 0.15) is 5.82 Å². The maximum atomic E-state index is 13.1. The van der Waals surface area contributed by atoms with Crippen molar-refractivity contribution in [2.45, 2.75) is 30.8 Å². The summed E-state index contributed by atoms with van der Waals surface area (Å²) >= 11 is 0. The molecule has 0 unspecified atom stereocenters. The summed E-state index contributed by atoms with van der Waals surface area (Å²) in [7, 11) is 0. The molecule has 2 aromatic rings. The van der Waals surface area contributed by atoms with Crippen molar-refractivity contribution in [2.75, 3.05) is 19.7 Å². The van der Waals surface area contributed by atoms with Gasteiger partial charge in [-0.05, 0) is 61.2 Å². The summed E-state index contributed by atoms with van der Waals surface area (Å²) in [4.78, 5) is 0. The fraction of sp³-hybridized carbons (Fsp3) is 0.400. The van der Waals surface area contributed by atoms with Gasteiger partial charge in [-0.15, -0.1) is 0 Å². The molecular weight excluding hydrogens is 289 g/mol. The SMILES string of the molecule is Fc1ccc(-c2cccc([C@@H]3COC4(CCNCC4)C3)c2)cc1. The van der Waals surface area contributed by atoms with E-state index in [9.17, 15) is 4.39 Å². The molecule has 2 aliphatic rings. The third-order valence-corrected chi connectivity index (χ3v) is 5.26. The number of hydrogen-bond donors (Lipinski definition) is 1. The fourth-order valence-electron chi connectivity index (χ4n) is 3.90. The minimum atomic E-state index is -0.193. The molecule has 2 nitrogen and oxygen atoms in total. The summed E-state index contributed by atoms with van der Waals surface area (Å²) in [6.45, 7) is 2.93. The van der Waals surface area contributed by atoms with Gasteiger partial charge in [0, 0.05) is 5.92 Å². The predicted molar refractivity (Wildman–Crippen MR) is 90.0 cm³/mol. The molecule has 0 saturated carbocycles. The molecule has 23 heavy (non-hydrogen) atoms. The first-order valence-corrected chi connectivity index (χ1v) is 8.45. The van der Waals surface area contributed by atoms with Gasteiger partial charge >= 0.3 is 0 Å². The van der Waals surface area contributed by atoms with Gasteiger partial charge in [0.05, 0.1) is 12.2 Å². The molecule has 1 N–H and O–H groups in total. The Balaban J connectivity index is 1.56. The molecule has 2 saturated heterocycles. The van der Waals surface area contributed by atoms with Gasteiger partial charge in [-0.3, -0.25) is 0 Å². The van der Waals surface area contributed by atoms with E-state index in [4.69, 9.17) is 4.74 Å². The average molecular weight is 311 g/mol. The lowest BCUT2D eigenvalue weighted by Crippen LogP contribution is -2.41. The van der Waals surface area contributed by atoms with E-state index >= 15 is 0 Å². The van der Waals surface area contributed by atoms with Gasteiger partial charge in [0.15, 0.2) is 0 Å². The zero-order valence-corrected chi connectivity index (χ0v) is 13.2. The van der Waals surface area contributed by atoms with Crippen LogP contribution in [0.15, 0.2) is 48.5 Å². The van der Waals surface area contributed by atoms with Crippen molar-refractivity contribution in [2.24, 2.45) is 0 Å². The minimum absolute atomic E-state index is 0.0851. The van der Waals surface area contributed by atoms with Crippen LogP contribution in [0.1, 0.15) is 30.7 Å². The largest absolute Gasteiger partial charge is 0.374 e. The number of ether oxygens (including phenoxy) is 1. The third-order valence-electron chi connectivity index (χ3n) is 5.26. The van der Waals surface area contributed by atoms with E-state index in [0.717, 1.165) is 50.1 Å². The number of halogens is 1. The molecule has 2 fully saturated rings. The predicted octanol–water partition coefficient (Wildman–Crippen LogP) is 4.12. The van der Waals surface area contributed by atoms with Crippen LogP contribution in [0.3, 0.4) is 0 Å². The van der Waals surface area contributed by atoms with Crippen molar-refractivity contribution < 1.29 is 9.13 Å². The van der Waals surface area contributed by atoms with Crippen LogP contribution in [-0.2, 0) is 4.74 Å². The molecule has 4 rings (SSSR count). The first kappa shape index (κ1) is 14.9. The van der Waals surface area contributed by atoms with Crippen molar-refractivity contribution in [3.63, 3.8) is 0 Å². The molecule has 0 aliphatic carbocycles. The van der Waals surface area contributed by atoms with Crippen LogP contribution in [0.2, 0.25) is 0 Å². The molecule has 120 valence electrons. The summed E-state index contributed by atoms with van der Waals surface area (Å²) in [6, 6.07) is 15.3. The molecule has 3 heteroatoms. The molecular formula is C20H22FNO. The maximum absolute atomic E-state index is 13.1. The Morgan fingerprint density at radius 3 is 2.57 bits per heavy atom. The van der Waals surface area contributed by atoms with E-state index in [2.05, 4.69) is 29.6 Å². The number of rotatable bonds is 2. The Hall–Kier alpha value is -1.71. The number of piperidine rings is 1. The molecule has 2 aromatic carbocycles. The lowest BCUT2D eigenvalue weighted by Gasteiger charge is -2.33. The average Bonchev–Trinajstić information content (AvgIpc) is 3.00. The zero-order chi connectivity index (χ0) is 15.7. The normalized spacial score (nSPS) is 23.3. The first-order chi connectivity index (χ1) is 11.2. The van der Waals surface area contributed by atoms with E-state index in [-0.39, 0.29) is 11.4 Å². The van der Waals surface area contributed by atoms with Gasteiger partial charge in [-0.2, -0.15) is 0 Å². The molecule has 0 bridgehead atoms. The monoisotopic (exact) mass is 311 g/mol. The zero-order valence-electron chi connectivity index (χ0n) is 13.2. The molecule has 2 aliphatic heterocycles. The Bertz CT molecular complexity index is 676. The van der Waals surface area contributed by atoms with Crippen LogP contribution < -0.4 is 5.32 Å². The van der Waals surface area contributed by atoms with Crippen LogP contribution in [0.4, 0.5) is 4.39 Å². The summed E-state index contributed by atoms with van der Waals surface area (Å²) in [5.41, 5.74) is 3.63.